The number of benzene rings is 1. The maximum atomic E-state index is 9.18. The van der Waals surface area contributed by atoms with Crippen molar-refractivity contribution in [2.45, 2.75) is 20.3 Å². The van der Waals surface area contributed by atoms with Crippen molar-refractivity contribution in [3.63, 3.8) is 0 Å². The van der Waals surface area contributed by atoms with E-state index in [9.17, 15) is 5.11 Å². The van der Waals surface area contributed by atoms with E-state index in [1.807, 2.05) is 13.8 Å². The second-order valence-electron chi connectivity index (χ2n) is 2.88. The van der Waals surface area contributed by atoms with Gasteiger partial charge in [0.05, 0.1) is 11.4 Å². The number of nitrogens with two attached hydrogens (primary N) is 3. The molecule has 0 aliphatic rings. The van der Waals surface area contributed by atoms with Crippen molar-refractivity contribution in [2.75, 3.05) is 18.0 Å². The van der Waals surface area contributed by atoms with Crippen molar-refractivity contribution in [2.24, 2.45) is 5.73 Å². The lowest BCUT2D eigenvalue weighted by Crippen LogP contribution is -1.94. The molecule has 0 saturated carbocycles. The fourth-order valence-corrected chi connectivity index (χ4v) is 0.949. The summed E-state index contributed by atoms with van der Waals surface area (Å²) in [5, 5.41) is 9.18. The molecule has 0 unspecified atom stereocenters. The minimum absolute atomic E-state index is 0. The Morgan fingerprint density at radius 3 is 1.53 bits per heavy atom. The fourth-order valence-electron chi connectivity index (χ4n) is 0.949. The molecule has 0 amide bonds. The lowest BCUT2D eigenvalue weighted by molar-refractivity contribution is 0.480. The Kier molecular flexibility index (Phi) is 20.1. The minimum atomic E-state index is -0.0119. The quantitative estimate of drug-likeness (QED) is 0.473. The molecule has 0 heterocycles. The number of phenols is 1. The molecule has 0 spiro atoms. The molecule has 0 saturated heterocycles. The number of hydrogen-bond acceptors (Lipinski definition) is 4. The van der Waals surface area contributed by atoms with Crippen LogP contribution in [0.25, 0.3) is 0 Å². The third kappa shape index (κ3) is 9.18. The van der Waals surface area contributed by atoms with Gasteiger partial charge in [0.2, 0.25) is 0 Å². The van der Waals surface area contributed by atoms with Crippen LogP contribution in [0.2, 0.25) is 0 Å². The van der Waals surface area contributed by atoms with E-state index in [1.54, 1.807) is 12.1 Å². The Balaban J connectivity index is -0.000000128. The largest absolute Gasteiger partial charge is 0.504 e. The van der Waals surface area contributed by atoms with Gasteiger partial charge >= 0.3 is 0 Å². The van der Waals surface area contributed by atoms with E-state index in [4.69, 9.17) is 17.2 Å². The number of aryl methyl sites for hydroxylation is 1. The Labute approximate surface area is 121 Å². The van der Waals surface area contributed by atoms with E-state index in [2.05, 4.69) is 0 Å². The van der Waals surface area contributed by atoms with E-state index >= 15 is 0 Å². The molecule has 0 aliphatic carbocycles. The summed E-state index contributed by atoms with van der Waals surface area (Å²) in [6, 6.07) is 3.46. The fraction of sp³-hybridized carbons (Fsp3) is 0.400. The van der Waals surface area contributed by atoms with Gasteiger partial charge in [-0.05, 0) is 30.7 Å². The van der Waals surface area contributed by atoms with Gasteiger partial charge < -0.3 is 22.3 Å². The van der Waals surface area contributed by atoms with Crippen LogP contribution in [-0.2, 0) is 6.42 Å². The monoisotopic (exact) mass is 305 g/mol. The second kappa shape index (κ2) is 13.5. The van der Waals surface area contributed by atoms with Crippen LogP contribution in [0.5, 0.6) is 5.75 Å². The average molecular weight is 307 g/mol. The number of nitrogen functional groups attached to an aromatic ring is 2. The van der Waals surface area contributed by atoms with Crippen LogP contribution in [0.3, 0.4) is 0 Å². The van der Waals surface area contributed by atoms with E-state index in [0.717, 1.165) is 18.5 Å². The van der Waals surface area contributed by atoms with Crippen molar-refractivity contribution < 1.29 is 5.11 Å². The molecule has 0 aliphatic heterocycles. The van der Waals surface area contributed by atoms with Crippen LogP contribution in [0.15, 0.2) is 12.1 Å². The molecule has 0 radical (unpaired) electrons. The van der Waals surface area contributed by atoms with E-state index in [0.29, 0.717) is 11.4 Å². The average Bonchev–Trinajstić information content (AvgIpc) is 2.14. The van der Waals surface area contributed by atoms with E-state index in [1.165, 1.54) is 0 Å². The van der Waals surface area contributed by atoms with Crippen LogP contribution >= 0.6 is 37.2 Å². The topological polar surface area (TPSA) is 98.3 Å². The summed E-state index contributed by atoms with van der Waals surface area (Å²) in [7, 11) is 0. The number of hydrogen-bond donors (Lipinski definition) is 4. The summed E-state index contributed by atoms with van der Waals surface area (Å²) in [5.41, 5.74) is 17.5. The van der Waals surface area contributed by atoms with Crippen LogP contribution in [-0.4, -0.2) is 11.7 Å². The molecule has 7 heteroatoms. The van der Waals surface area contributed by atoms with Crippen molar-refractivity contribution in [1.82, 2.24) is 0 Å². The summed E-state index contributed by atoms with van der Waals surface area (Å²) in [6.07, 6.45) is 0.870. The standard InChI is InChI=1S/C8H12N2O.C2H7N.3ClH/c1-2-5-3-6(9)8(11)7(10)4-5;1-2-3;;;/h3-4,11H,2,9-10H2,1H3;2-3H2,1H3;3*1H. The van der Waals surface area contributed by atoms with Crippen LogP contribution in [0, 0.1) is 0 Å². The molecule has 7 N–H and O–H groups in total. The first kappa shape index (κ1) is 25.3. The molecule has 1 aromatic carbocycles. The van der Waals surface area contributed by atoms with Gasteiger partial charge in [0.1, 0.15) is 0 Å². The molecule has 0 fully saturated rings. The first-order valence-electron chi connectivity index (χ1n) is 4.63. The first-order chi connectivity index (χ1) is 6.56. The summed E-state index contributed by atoms with van der Waals surface area (Å²) < 4.78 is 0. The molecule has 104 valence electrons. The summed E-state index contributed by atoms with van der Waals surface area (Å²) in [5.74, 6) is -0.0119. The van der Waals surface area contributed by atoms with E-state index in [-0.39, 0.29) is 43.0 Å². The summed E-state index contributed by atoms with van der Waals surface area (Å²) >= 11 is 0. The second-order valence-corrected chi connectivity index (χ2v) is 2.88. The molecule has 1 aromatic rings. The molecule has 0 bridgehead atoms. The smallest absolute Gasteiger partial charge is 0.161 e. The molecule has 17 heavy (non-hydrogen) atoms. The summed E-state index contributed by atoms with van der Waals surface area (Å²) in [4.78, 5) is 0. The van der Waals surface area contributed by atoms with Crippen molar-refractivity contribution in [3.8, 4) is 5.75 Å². The number of rotatable bonds is 1. The van der Waals surface area contributed by atoms with Gasteiger partial charge in [-0.1, -0.05) is 13.8 Å². The Morgan fingerprint density at radius 2 is 1.29 bits per heavy atom. The van der Waals surface area contributed by atoms with Crippen LogP contribution in [0.1, 0.15) is 19.4 Å². The van der Waals surface area contributed by atoms with Gasteiger partial charge in [-0.15, -0.1) is 37.2 Å². The molecular formula is C10H22Cl3N3O. The van der Waals surface area contributed by atoms with E-state index < -0.39 is 0 Å². The molecule has 0 aromatic heterocycles. The molecular weight excluding hydrogens is 284 g/mol. The predicted octanol–water partition coefficient (Wildman–Crippen LogP) is 2.35. The Morgan fingerprint density at radius 1 is 1.00 bits per heavy atom. The predicted molar refractivity (Wildman–Crippen MR) is 82.8 cm³/mol. The lowest BCUT2D eigenvalue weighted by Gasteiger charge is -2.04. The van der Waals surface area contributed by atoms with Gasteiger partial charge in [0, 0.05) is 0 Å². The van der Waals surface area contributed by atoms with Gasteiger partial charge in [-0.25, -0.2) is 0 Å². The Hall–Kier alpha value is -0.550. The normalized spacial score (nSPS) is 7.47. The first-order valence-corrected chi connectivity index (χ1v) is 4.63. The lowest BCUT2D eigenvalue weighted by atomic mass is 10.1. The zero-order valence-corrected chi connectivity index (χ0v) is 12.4. The highest BCUT2D eigenvalue weighted by Crippen LogP contribution is 2.28. The number of anilines is 2. The molecule has 4 nitrogen and oxygen atoms in total. The van der Waals surface area contributed by atoms with Crippen molar-refractivity contribution in [3.05, 3.63) is 17.7 Å². The van der Waals surface area contributed by atoms with Crippen LogP contribution < -0.4 is 17.2 Å². The van der Waals surface area contributed by atoms with Gasteiger partial charge in [0.25, 0.3) is 0 Å². The highest BCUT2D eigenvalue weighted by atomic mass is 35.5. The maximum absolute atomic E-state index is 9.18. The van der Waals surface area contributed by atoms with Gasteiger partial charge in [-0.2, -0.15) is 0 Å². The maximum Gasteiger partial charge on any atom is 0.161 e. The van der Waals surface area contributed by atoms with Crippen molar-refractivity contribution >= 4 is 48.6 Å². The third-order valence-electron chi connectivity index (χ3n) is 1.64. The minimum Gasteiger partial charge on any atom is -0.504 e. The number of phenolic OH excluding ortho intramolecular Hbond substituents is 1. The molecule has 0 atom stereocenters. The SMILES string of the molecule is CCN.CCc1cc(N)c(O)c(N)c1.Cl.Cl.Cl. The number of aromatic hydroxyl groups is 1. The highest BCUT2D eigenvalue weighted by Gasteiger charge is 2.02. The number of halogens is 3. The zero-order valence-electron chi connectivity index (χ0n) is 9.97. The van der Waals surface area contributed by atoms with Gasteiger partial charge in [0.15, 0.2) is 5.75 Å². The summed E-state index contributed by atoms with van der Waals surface area (Å²) in [6.45, 7) is 4.66. The van der Waals surface area contributed by atoms with Gasteiger partial charge in [-0.3, -0.25) is 0 Å². The third-order valence-corrected chi connectivity index (χ3v) is 1.64. The van der Waals surface area contributed by atoms with Crippen molar-refractivity contribution in [1.29, 1.82) is 0 Å². The highest BCUT2D eigenvalue weighted by molar-refractivity contribution is 5.86. The molecule has 1 rings (SSSR count). The Bertz CT molecular complexity index is 275. The van der Waals surface area contributed by atoms with Crippen LogP contribution in [0.4, 0.5) is 11.4 Å². The zero-order chi connectivity index (χ0) is 11.1.